The van der Waals surface area contributed by atoms with E-state index in [1.165, 1.54) is 29.2 Å². The maximum absolute atomic E-state index is 14.0. The van der Waals surface area contributed by atoms with Gasteiger partial charge in [-0.25, -0.2) is 4.98 Å². The number of nitrogens with zero attached hydrogens (tertiary/aromatic N) is 3. The molecule has 0 spiro atoms. The molecule has 6 N–H and O–H groups in total. The van der Waals surface area contributed by atoms with Crippen LogP contribution in [0, 0.1) is 12.3 Å². The number of aliphatic hydroxyl groups is 1. The average Bonchev–Trinajstić information content (AvgIpc) is 4.01. The number of H-pyrrole nitrogens is 1. The topological polar surface area (TPSA) is 200 Å². The number of amides is 4. The average molecular weight is 893 g/mol. The Balaban J connectivity index is 0.998. The zero-order valence-electron chi connectivity index (χ0n) is 34.3. The number of thiazole rings is 1. The van der Waals surface area contributed by atoms with Crippen LogP contribution in [0.3, 0.4) is 0 Å². The number of ether oxygens (including phenoxy) is 2. The summed E-state index contributed by atoms with van der Waals surface area (Å²) < 4.78 is 35.9. The third-order valence-electron chi connectivity index (χ3n) is 9.92. The first kappa shape index (κ1) is 45.6. The predicted octanol–water partition coefficient (Wildman–Crippen LogP) is 6.17. The zero-order chi connectivity index (χ0) is 44.6. The molecule has 1 aliphatic rings. The standard InChI is InChI=1S/C43H47ClF2N8O7S/c1-25-37(62-24-49-25)27-7-5-26(6-8-27)21-48-40(58)35-20-30(55)22-54(35)41(59)38(42(2,3)4)52-36(56)23-60-18-17-47-33-14-9-28(19-32(33)34-15-16-50-53-34)39(57)51-29-10-12-31(13-11-29)61-43(44,45)46/h5-16,19,24,30,35,38,47,55H,17-18,20-23H2,1-4H3,(H,48,58)(H,50,53)(H,51,57)(H,52,56)/t30-,35+,38-/m1/s1. The Morgan fingerprint density at radius 3 is 2.44 bits per heavy atom. The van der Waals surface area contributed by atoms with Gasteiger partial charge in [0.2, 0.25) is 17.7 Å². The van der Waals surface area contributed by atoms with Crippen molar-refractivity contribution in [3.63, 3.8) is 0 Å². The smallest absolute Gasteiger partial charge is 0.420 e. The zero-order valence-corrected chi connectivity index (χ0v) is 35.9. The summed E-state index contributed by atoms with van der Waals surface area (Å²) in [5, 5.41) is 29.1. The van der Waals surface area contributed by atoms with Crippen LogP contribution in [0.2, 0.25) is 0 Å². The summed E-state index contributed by atoms with van der Waals surface area (Å²) in [6.45, 7) is 7.52. The Kier molecular flexibility index (Phi) is 14.6. The van der Waals surface area contributed by atoms with Crippen molar-refractivity contribution in [1.29, 1.82) is 0 Å². The number of nitrogens with one attached hydrogen (secondary N) is 5. The lowest BCUT2D eigenvalue weighted by Gasteiger charge is -2.35. The van der Waals surface area contributed by atoms with Crippen LogP contribution in [0.15, 0.2) is 84.5 Å². The van der Waals surface area contributed by atoms with E-state index in [1.807, 2.05) is 31.2 Å². The van der Waals surface area contributed by atoms with Gasteiger partial charge >= 0.3 is 5.57 Å². The number of aliphatic hydroxyl groups excluding tert-OH is 1. The largest absolute Gasteiger partial charge is 0.487 e. The maximum atomic E-state index is 14.0. The number of benzene rings is 3. The van der Waals surface area contributed by atoms with Gasteiger partial charge in [-0.2, -0.15) is 5.10 Å². The van der Waals surface area contributed by atoms with Gasteiger partial charge in [-0.05, 0) is 72.0 Å². The van der Waals surface area contributed by atoms with E-state index in [0.29, 0.717) is 28.2 Å². The molecule has 328 valence electrons. The number of anilines is 2. The maximum Gasteiger partial charge on any atom is 0.487 e. The van der Waals surface area contributed by atoms with Crippen molar-refractivity contribution in [2.75, 3.05) is 36.9 Å². The van der Waals surface area contributed by atoms with Crippen molar-refractivity contribution in [2.24, 2.45) is 5.41 Å². The van der Waals surface area contributed by atoms with E-state index in [4.69, 9.17) is 16.3 Å². The Hall–Kier alpha value is -5.95. The van der Waals surface area contributed by atoms with Crippen molar-refractivity contribution >= 4 is 57.9 Å². The van der Waals surface area contributed by atoms with Gasteiger partial charge in [0, 0.05) is 66.4 Å². The van der Waals surface area contributed by atoms with Gasteiger partial charge in [-0.1, -0.05) is 45.0 Å². The summed E-state index contributed by atoms with van der Waals surface area (Å²) in [6.07, 6.45) is 0.715. The van der Waals surface area contributed by atoms with E-state index in [2.05, 4.69) is 41.2 Å². The number of halogens is 3. The molecule has 3 heterocycles. The van der Waals surface area contributed by atoms with Gasteiger partial charge in [0.25, 0.3) is 5.91 Å². The first-order valence-corrected chi connectivity index (χ1v) is 20.9. The number of aromatic amines is 1. The monoisotopic (exact) mass is 892 g/mol. The normalized spacial score (nSPS) is 15.8. The second-order valence-electron chi connectivity index (χ2n) is 15.7. The third kappa shape index (κ3) is 12.1. The molecule has 19 heteroatoms. The van der Waals surface area contributed by atoms with E-state index in [-0.39, 0.29) is 45.0 Å². The fourth-order valence-corrected chi connectivity index (χ4v) is 7.72. The number of hydrogen-bond acceptors (Lipinski definition) is 11. The van der Waals surface area contributed by atoms with Crippen LogP contribution in [0.25, 0.3) is 21.7 Å². The molecule has 1 saturated heterocycles. The molecule has 3 aromatic carbocycles. The molecule has 2 aromatic heterocycles. The number of hydrogen-bond donors (Lipinski definition) is 6. The Labute approximate surface area is 365 Å². The molecule has 4 amide bonds. The highest BCUT2D eigenvalue weighted by atomic mass is 35.5. The van der Waals surface area contributed by atoms with Crippen molar-refractivity contribution < 1.29 is 42.5 Å². The van der Waals surface area contributed by atoms with Crippen molar-refractivity contribution in [1.82, 2.24) is 30.7 Å². The lowest BCUT2D eigenvalue weighted by atomic mass is 9.85. The summed E-state index contributed by atoms with van der Waals surface area (Å²) >= 11 is 6.37. The van der Waals surface area contributed by atoms with Gasteiger partial charge in [0.15, 0.2) is 0 Å². The minimum Gasteiger partial charge on any atom is -0.420 e. The summed E-state index contributed by atoms with van der Waals surface area (Å²) in [4.78, 5) is 60.5. The number of alkyl halides is 3. The molecule has 0 saturated carbocycles. The van der Waals surface area contributed by atoms with Gasteiger partial charge in [0.1, 0.15) is 24.4 Å². The van der Waals surface area contributed by atoms with E-state index >= 15 is 0 Å². The highest BCUT2D eigenvalue weighted by molar-refractivity contribution is 7.13. The molecule has 0 bridgehead atoms. The number of β-amino-alcohol motifs (C(OH)–C–C–N with tert-alkyl or cyclic N) is 1. The Morgan fingerprint density at radius 2 is 1.79 bits per heavy atom. The van der Waals surface area contributed by atoms with Gasteiger partial charge in [0.05, 0.1) is 34.5 Å². The van der Waals surface area contributed by atoms with Gasteiger partial charge in [-0.3, -0.25) is 24.3 Å². The summed E-state index contributed by atoms with van der Waals surface area (Å²) in [7, 11) is 0. The molecule has 6 rings (SSSR count). The Morgan fingerprint density at radius 1 is 1.05 bits per heavy atom. The summed E-state index contributed by atoms with van der Waals surface area (Å²) in [6, 6.07) is 17.8. The molecular formula is C43H47ClF2N8O7S. The van der Waals surface area contributed by atoms with Gasteiger partial charge in [-0.15, -0.1) is 20.1 Å². The molecule has 3 atom stereocenters. The Bertz CT molecular complexity index is 2340. The van der Waals surface area contributed by atoms with Crippen molar-refractivity contribution in [2.45, 2.75) is 64.4 Å². The number of aromatic nitrogens is 3. The quantitative estimate of drug-likeness (QED) is 0.0464. The van der Waals surface area contributed by atoms with Gasteiger partial charge < -0.3 is 40.7 Å². The highest BCUT2D eigenvalue weighted by Gasteiger charge is 2.44. The molecule has 62 heavy (non-hydrogen) atoms. The number of carbonyl (C=O) groups is 4. The SMILES string of the molecule is Cc1ncsc1-c1ccc(CNC(=O)[C@@H]2C[C@@H](O)CN2C(=O)[C@@H](NC(=O)COCCNc2ccc(C(=O)Nc3ccc(OC(F)(F)Cl)cc3)cc2-c2ccn[nH]2)C(C)(C)C)cc1. The first-order chi connectivity index (χ1) is 29.4. The molecule has 0 aliphatic carbocycles. The highest BCUT2D eigenvalue weighted by Crippen LogP contribution is 2.31. The lowest BCUT2D eigenvalue weighted by molar-refractivity contribution is -0.144. The van der Waals surface area contributed by atoms with Crippen LogP contribution in [-0.2, 0) is 25.7 Å². The van der Waals surface area contributed by atoms with Crippen LogP contribution < -0.4 is 26.0 Å². The number of aryl methyl sites for hydroxylation is 1. The predicted molar refractivity (Wildman–Crippen MR) is 231 cm³/mol. The molecule has 1 aliphatic heterocycles. The first-order valence-electron chi connectivity index (χ1n) is 19.6. The van der Waals surface area contributed by atoms with Crippen LogP contribution in [0.5, 0.6) is 5.75 Å². The summed E-state index contributed by atoms with van der Waals surface area (Å²) in [5.41, 5.74) is 2.51. The van der Waals surface area contributed by atoms with E-state index in [0.717, 1.165) is 21.7 Å². The number of rotatable bonds is 17. The number of carbonyl (C=O) groups excluding carboxylic acids is 4. The minimum absolute atomic E-state index is 0.0542. The van der Waals surface area contributed by atoms with E-state index in [9.17, 15) is 33.1 Å². The summed E-state index contributed by atoms with van der Waals surface area (Å²) in [5.74, 6) is -2.07. The lowest BCUT2D eigenvalue weighted by Crippen LogP contribution is -2.58. The van der Waals surface area contributed by atoms with Crippen LogP contribution in [0.1, 0.15) is 48.8 Å². The van der Waals surface area contributed by atoms with Crippen LogP contribution in [-0.4, -0.2) is 98.9 Å². The molecule has 5 aromatic rings. The molecule has 1 fully saturated rings. The molecule has 0 unspecified atom stereocenters. The van der Waals surface area contributed by atoms with Crippen molar-refractivity contribution in [3.8, 4) is 27.4 Å². The van der Waals surface area contributed by atoms with E-state index in [1.54, 1.807) is 68.1 Å². The molecule has 15 nitrogen and oxygen atoms in total. The second kappa shape index (κ2) is 19.8. The fraction of sp³-hybridized carbons (Fsp3) is 0.349. The second-order valence-corrected chi connectivity index (χ2v) is 17.0. The third-order valence-corrected chi connectivity index (χ3v) is 11.0. The van der Waals surface area contributed by atoms with Crippen LogP contribution in [0.4, 0.5) is 20.2 Å². The minimum atomic E-state index is -3.87. The fourth-order valence-electron chi connectivity index (χ4n) is 6.82. The number of likely N-dealkylation sites (tertiary alicyclic amines) is 1. The van der Waals surface area contributed by atoms with E-state index < -0.39 is 52.8 Å². The molecular weight excluding hydrogens is 846 g/mol. The molecule has 0 radical (unpaired) electrons. The van der Waals surface area contributed by atoms with Crippen LogP contribution >= 0.6 is 22.9 Å². The van der Waals surface area contributed by atoms with Crippen molar-refractivity contribution in [3.05, 3.63) is 101 Å².